The molecule has 4 rings (SSSR count). The van der Waals surface area contributed by atoms with Crippen LogP contribution in [0.25, 0.3) is 5.69 Å². The predicted octanol–water partition coefficient (Wildman–Crippen LogP) is 4.28. The molecule has 1 amide bonds. The molecule has 1 aromatic heterocycles. The molecule has 0 bridgehead atoms. The van der Waals surface area contributed by atoms with Crippen molar-refractivity contribution < 1.29 is 13.6 Å². The van der Waals surface area contributed by atoms with Crippen LogP contribution >= 0.6 is 23.5 Å². The first-order chi connectivity index (χ1) is 14.4. The molecule has 2 aromatic carbocycles. The Labute approximate surface area is 179 Å². The smallest absolute Gasteiger partial charge is 0.272 e. The Morgan fingerprint density at radius 1 is 1.23 bits per heavy atom. The van der Waals surface area contributed by atoms with E-state index in [1.807, 2.05) is 6.92 Å². The molecule has 2 heterocycles. The maximum atomic E-state index is 13.8. The van der Waals surface area contributed by atoms with E-state index in [9.17, 15) is 18.4 Å². The topological polar surface area (TPSA) is 64.0 Å². The number of nitrogens with one attached hydrogen (secondary N) is 1. The fourth-order valence-corrected chi connectivity index (χ4v) is 5.02. The van der Waals surface area contributed by atoms with E-state index in [0.29, 0.717) is 27.9 Å². The van der Waals surface area contributed by atoms with Gasteiger partial charge in [-0.25, -0.2) is 13.8 Å². The van der Waals surface area contributed by atoms with Gasteiger partial charge in [-0.3, -0.25) is 14.2 Å². The summed E-state index contributed by atoms with van der Waals surface area (Å²) >= 11 is 2.54. The Morgan fingerprint density at radius 2 is 1.97 bits per heavy atom. The van der Waals surface area contributed by atoms with E-state index >= 15 is 0 Å². The molecule has 9 heteroatoms. The number of nitrogens with zero attached hydrogens (tertiary/aromatic N) is 2. The average Bonchev–Trinajstić information content (AvgIpc) is 3.10. The van der Waals surface area contributed by atoms with Crippen molar-refractivity contribution in [3.63, 3.8) is 0 Å². The summed E-state index contributed by atoms with van der Waals surface area (Å²) in [5.74, 6) is -1.43. The molecule has 1 aliphatic rings. The normalized spacial score (nSPS) is 15.1. The third kappa shape index (κ3) is 4.27. The predicted molar refractivity (Wildman–Crippen MR) is 115 cm³/mol. The number of carbonyl (C=O) groups excluding carboxylic acids is 1. The van der Waals surface area contributed by atoms with Crippen LogP contribution in [0.4, 0.5) is 14.5 Å². The number of benzene rings is 2. The van der Waals surface area contributed by atoms with Crippen molar-refractivity contribution in [1.82, 2.24) is 9.55 Å². The second kappa shape index (κ2) is 8.61. The maximum absolute atomic E-state index is 13.8. The Kier molecular flexibility index (Phi) is 5.92. The Bertz CT molecular complexity index is 1170. The molecule has 0 aliphatic carbocycles. The number of aromatic nitrogens is 2. The van der Waals surface area contributed by atoms with E-state index in [1.165, 1.54) is 58.8 Å². The summed E-state index contributed by atoms with van der Waals surface area (Å²) in [5, 5.41) is 3.08. The molecule has 1 aliphatic heterocycles. The standard InChI is InChI=1S/C21H17F2N3O2S2/c1-12-10-17-19(30-12)20(28)26(14-8-6-13(22)7-9-14)21(25-17)29-11-18(27)24-16-5-3-2-4-15(16)23/h2-9,12H,10-11H2,1H3,(H,24,27). The van der Waals surface area contributed by atoms with Gasteiger partial charge in [-0.15, -0.1) is 11.8 Å². The third-order valence-corrected chi connectivity index (χ3v) is 6.60. The van der Waals surface area contributed by atoms with E-state index in [4.69, 9.17) is 0 Å². The first-order valence-electron chi connectivity index (χ1n) is 9.18. The highest BCUT2D eigenvalue weighted by Crippen LogP contribution is 2.34. The van der Waals surface area contributed by atoms with Crippen LogP contribution in [-0.2, 0) is 11.2 Å². The van der Waals surface area contributed by atoms with Gasteiger partial charge in [-0.05, 0) is 36.4 Å². The van der Waals surface area contributed by atoms with Crippen molar-refractivity contribution in [3.8, 4) is 5.69 Å². The highest BCUT2D eigenvalue weighted by Gasteiger charge is 2.27. The van der Waals surface area contributed by atoms with Crippen LogP contribution in [0.5, 0.6) is 0 Å². The van der Waals surface area contributed by atoms with Gasteiger partial charge in [0.2, 0.25) is 5.91 Å². The van der Waals surface area contributed by atoms with E-state index in [1.54, 1.807) is 6.07 Å². The van der Waals surface area contributed by atoms with Crippen molar-refractivity contribution >= 4 is 35.1 Å². The average molecular weight is 446 g/mol. The zero-order valence-corrected chi connectivity index (χ0v) is 17.5. The number of carbonyl (C=O) groups is 1. The molecule has 1 N–H and O–H groups in total. The number of amides is 1. The lowest BCUT2D eigenvalue weighted by atomic mass is 10.2. The number of thioether (sulfide) groups is 2. The van der Waals surface area contributed by atoms with Crippen LogP contribution in [0.15, 0.2) is 63.4 Å². The zero-order valence-electron chi connectivity index (χ0n) is 15.9. The van der Waals surface area contributed by atoms with E-state index < -0.39 is 17.5 Å². The van der Waals surface area contributed by atoms with Crippen LogP contribution < -0.4 is 10.9 Å². The molecule has 0 fully saturated rings. The van der Waals surface area contributed by atoms with Crippen molar-refractivity contribution in [3.05, 3.63) is 76.2 Å². The van der Waals surface area contributed by atoms with Gasteiger partial charge in [0, 0.05) is 11.7 Å². The SMILES string of the molecule is CC1Cc2nc(SCC(=O)Nc3ccccc3F)n(-c3ccc(F)cc3)c(=O)c2S1. The number of halogens is 2. The number of rotatable bonds is 5. The molecule has 1 unspecified atom stereocenters. The highest BCUT2D eigenvalue weighted by molar-refractivity contribution is 8.00. The lowest BCUT2D eigenvalue weighted by Crippen LogP contribution is -2.24. The fourth-order valence-electron chi connectivity index (χ4n) is 3.09. The van der Waals surface area contributed by atoms with Gasteiger partial charge in [0.25, 0.3) is 5.56 Å². The monoisotopic (exact) mass is 445 g/mol. The van der Waals surface area contributed by atoms with Crippen molar-refractivity contribution in [1.29, 1.82) is 0 Å². The third-order valence-electron chi connectivity index (χ3n) is 4.45. The lowest BCUT2D eigenvalue weighted by molar-refractivity contribution is -0.113. The van der Waals surface area contributed by atoms with Crippen molar-refractivity contribution in [2.45, 2.75) is 28.6 Å². The quantitative estimate of drug-likeness (QED) is 0.469. The van der Waals surface area contributed by atoms with Crippen LogP contribution in [0, 0.1) is 11.6 Å². The number of anilines is 1. The Hall–Kier alpha value is -2.65. The van der Waals surface area contributed by atoms with E-state index in [-0.39, 0.29) is 22.2 Å². The first-order valence-corrected chi connectivity index (χ1v) is 11.0. The molecule has 0 radical (unpaired) electrons. The summed E-state index contributed by atoms with van der Waals surface area (Å²) in [6.45, 7) is 2.02. The number of hydrogen-bond donors (Lipinski definition) is 1. The van der Waals surface area contributed by atoms with Crippen LogP contribution in [0.3, 0.4) is 0 Å². The van der Waals surface area contributed by atoms with Gasteiger partial charge in [0.05, 0.1) is 27.7 Å². The minimum absolute atomic E-state index is 0.0660. The summed E-state index contributed by atoms with van der Waals surface area (Å²) in [5.41, 5.74) is 1.02. The molecule has 0 saturated heterocycles. The minimum Gasteiger partial charge on any atom is -0.323 e. The fraction of sp³-hybridized carbons (Fsp3) is 0.190. The van der Waals surface area contributed by atoms with Crippen molar-refractivity contribution in [2.24, 2.45) is 0 Å². The van der Waals surface area contributed by atoms with Crippen molar-refractivity contribution in [2.75, 3.05) is 11.1 Å². The first kappa shape index (κ1) is 20.6. The summed E-state index contributed by atoms with van der Waals surface area (Å²) in [6, 6.07) is 11.4. The maximum Gasteiger partial charge on any atom is 0.272 e. The van der Waals surface area contributed by atoms with Crippen LogP contribution in [-0.4, -0.2) is 26.5 Å². The zero-order chi connectivity index (χ0) is 21.3. The second-order valence-electron chi connectivity index (χ2n) is 6.74. The van der Waals surface area contributed by atoms with Gasteiger partial charge < -0.3 is 5.32 Å². The van der Waals surface area contributed by atoms with Gasteiger partial charge in [0.1, 0.15) is 11.6 Å². The van der Waals surface area contributed by atoms with Crippen LogP contribution in [0.2, 0.25) is 0 Å². The number of para-hydroxylation sites is 1. The van der Waals surface area contributed by atoms with E-state index in [0.717, 1.165) is 11.8 Å². The number of hydrogen-bond acceptors (Lipinski definition) is 5. The molecule has 0 spiro atoms. The molecule has 3 aromatic rings. The van der Waals surface area contributed by atoms with Gasteiger partial charge >= 0.3 is 0 Å². The largest absolute Gasteiger partial charge is 0.323 e. The van der Waals surface area contributed by atoms with Gasteiger partial charge in [-0.1, -0.05) is 30.8 Å². The molecule has 5 nitrogen and oxygen atoms in total. The molecule has 0 saturated carbocycles. The van der Waals surface area contributed by atoms with Gasteiger partial charge in [-0.2, -0.15) is 0 Å². The molecule has 1 atom stereocenters. The molecular weight excluding hydrogens is 428 g/mol. The second-order valence-corrected chi connectivity index (χ2v) is 9.13. The van der Waals surface area contributed by atoms with Gasteiger partial charge in [0.15, 0.2) is 5.16 Å². The van der Waals surface area contributed by atoms with E-state index in [2.05, 4.69) is 10.3 Å². The minimum atomic E-state index is -0.527. The summed E-state index contributed by atoms with van der Waals surface area (Å²) in [4.78, 5) is 30.7. The summed E-state index contributed by atoms with van der Waals surface area (Å²) in [6.07, 6.45) is 0.661. The summed E-state index contributed by atoms with van der Waals surface area (Å²) in [7, 11) is 0. The number of fused-ring (bicyclic) bond motifs is 1. The highest BCUT2D eigenvalue weighted by atomic mass is 32.2. The summed E-state index contributed by atoms with van der Waals surface area (Å²) < 4.78 is 28.5. The molecule has 30 heavy (non-hydrogen) atoms. The molecular formula is C21H17F2N3O2S2. The lowest BCUT2D eigenvalue weighted by Gasteiger charge is -2.14. The van der Waals surface area contributed by atoms with Crippen LogP contribution in [0.1, 0.15) is 12.6 Å². The Balaban J connectivity index is 1.63. The Morgan fingerprint density at radius 3 is 2.70 bits per heavy atom. The molecule has 154 valence electrons.